The predicted octanol–water partition coefficient (Wildman–Crippen LogP) is 6.02. The molecule has 7 heteroatoms. The second-order valence-electron chi connectivity index (χ2n) is 13.1. The summed E-state index contributed by atoms with van der Waals surface area (Å²) in [5.74, 6) is 3.17. The molecule has 1 aromatic carbocycles. The van der Waals surface area contributed by atoms with E-state index < -0.39 is 8.32 Å². The van der Waals surface area contributed by atoms with E-state index in [4.69, 9.17) is 23.4 Å². The largest absolute Gasteiger partial charge is 0.497 e. The minimum atomic E-state index is -1.84. The van der Waals surface area contributed by atoms with Crippen molar-refractivity contribution in [1.29, 1.82) is 0 Å². The average molecular weight is 535 g/mol. The molecule has 3 fully saturated rings. The Bertz CT molecular complexity index is 853. The minimum absolute atomic E-state index is 0.173. The summed E-state index contributed by atoms with van der Waals surface area (Å²) in [4.78, 5) is 0. The smallest absolute Gasteiger partial charge is 0.192 e. The highest BCUT2D eigenvalue weighted by Gasteiger charge is 2.56. The first-order chi connectivity index (χ1) is 17.5. The van der Waals surface area contributed by atoms with Crippen LogP contribution in [0.3, 0.4) is 0 Å². The minimum Gasteiger partial charge on any atom is -0.497 e. The predicted molar refractivity (Wildman–Crippen MR) is 148 cm³/mol. The highest BCUT2D eigenvalue weighted by atomic mass is 28.4. The van der Waals surface area contributed by atoms with Gasteiger partial charge in [0.25, 0.3) is 0 Å². The maximum Gasteiger partial charge on any atom is 0.192 e. The van der Waals surface area contributed by atoms with Crippen LogP contribution >= 0.6 is 0 Å². The molecule has 0 aliphatic heterocycles. The summed E-state index contributed by atoms with van der Waals surface area (Å²) in [6.07, 6.45) is 5.16. The van der Waals surface area contributed by atoms with Crippen molar-refractivity contribution >= 4 is 8.32 Å². The lowest BCUT2D eigenvalue weighted by molar-refractivity contribution is -0.128. The highest BCUT2D eigenvalue weighted by Crippen LogP contribution is 2.58. The summed E-state index contributed by atoms with van der Waals surface area (Å²) in [6, 6.07) is 8.01. The molecule has 4 rings (SSSR count). The number of fused-ring (bicyclic) bond motifs is 3. The number of ether oxygens (including phenoxy) is 4. The van der Waals surface area contributed by atoms with E-state index in [1.807, 2.05) is 24.3 Å². The summed E-state index contributed by atoms with van der Waals surface area (Å²) in [5.41, 5.74) is 1.14. The Hall–Kier alpha value is -0.963. The molecule has 0 radical (unpaired) electrons. The molecule has 8 atom stereocenters. The third kappa shape index (κ3) is 6.61. The van der Waals surface area contributed by atoms with Gasteiger partial charge in [0.15, 0.2) is 8.32 Å². The van der Waals surface area contributed by atoms with Crippen LogP contribution in [-0.2, 0) is 25.2 Å². The molecule has 3 saturated carbocycles. The molecule has 0 unspecified atom stereocenters. The second kappa shape index (κ2) is 12.1. The Kier molecular flexibility index (Phi) is 9.46. The van der Waals surface area contributed by atoms with Crippen LogP contribution < -0.4 is 4.74 Å². The van der Waals surface area contributed by atoms with Gasteiger partial charge in [-0.25, -0.2) is 0 Å². The van der Waals surface area contributed by atoms with Gasteiger partial charge in [0.2, 0.25) is 0 Å². The molecule has 0 spiro atoms. The molecule has 0 bridgehead atoms. The summed E-state index contributed by atoms with van der Waals surface area (Å²) in [7, 11) is 1.54. The van der Waals surface area contributed by atoms with Crippen LogP contribution in [-0.4, -0.2) is 59.4 Å². The van der Waals surface area contributed by atoms with Gasteiger partial charge in [0.05, 0.1) is 25.9 Å². The Morgan fingerprint density at radius 1 is 0.919 bits per heavy atom. The number of rotatable bonds is 11. The fourth-order valence-corrected chi connectivity index (χ4v) is 8.44. The molecule has 0 heterocycles. The summed E-state index contributed by atoms with van der Waals surface area (Å²) in [5, 5.41) is 11.4. The molecule has 3 aliphatic carbocycles. The highest BCUT2D eigenvalue weighted by molar-refractivity contribution is 6.74. The van der Waals surface area contributed by atoms with E-state index in [2.05, 4.69) is 33.9 Å². The first kappa shape index (κ1) is 29.0. The number of methoxy groups -OCH3 is 2. The van der Waals surface area contributed by atoms with Gasteiger partial charge in [0, 0.05) is 19.8 Å². The molecule has 210 valence electrons. The SMILES string of the molecule is COCO[C@H]1C[C@@H]2[C@@H](C[C@@H](O)[C@@H]2CCOCc2ccc(OC)cc2)[C@@H]2C[C@H](O[Si](C)(C)C(C)(C)C)C[C@@H]21. The van der Waals surface area contributed by atoms with E-state index in [0.717, 1.165) is 43.4 Å². The fourth-order valence-electron chi connectivity index (χ4n) is 7.06. The van der Waals surface area contributed by atoms with E-state index in [0.29, 0.717) is 49.8 Å². The Morgan fingerprint density at radius 3 is 2.24 bits per heavy atom. The van der Waals surface area contributed by atoms with Crippen molar-refractivity contribution in [3.8, 4) is 5.75 Å². The van der Waals surface area contributed by atoms with Gasteiger partial charge in [-0.3, -0.25) is 0 Å². The second-order valence-corrected chi connectivity index (χ2v) is 17.9. The van der Waals surface area contributed by atoms with Crippen molar-refractivity contribution in [2.75, 3.05) is 27.6 Å². The van der Waals surface area contributed by atoms with Gasteiger partial charge in [0.1, 0.15) is 12.5 Å². The van der Waals surface area contributed by atoms with E-state index in [1.165, 1.54) is 0 Å². The fraction of sp³-hybridized carbons (Fsp3) is 0.800. The lowest BCUT2D eigenvalue weighted by Crippen LogP contribution is -2.43. The van der Waals surface area contributed by atoms with E-state index >= 15 is 0 Å². The summed E-state index contributed by atoms with van der Waals surface area (Å²) < 4.78 is 29.8. The van der Waals surface area contributed by atoms with E-state index in [9.17, 15) is 5.11 Å². The van der Waals surface area contributed by atoms with Crippen LogP contribution in [0.15, 0.2) is 24.3 Å². The van der Waals surface area contributed by atoms with Crippen molar-refractivity contribution in [2.45, 2.75) is 95.9 Å². The van der Waals surface area contributed by atoms with Crippen molar-refractivity contribution in [1.82, 2.24) is 0 Å². The third-order valence-corrected chi connectivity index (χ3v) is 14.5. The maximum absolute atomic E-state index is 11.2. The van der Waals surface area contributed by atoms with Crippen LogP contribution in [0.2, 0.25) is 18.1 Å². The zero-order valence-electron chi connectivity index (χ0n) is 24.1. The number of hydrogen-bond acceptors (Lipinski definition) is 6. The lowest BCUT2D eigenvalue weighted by Gasteiger charge is -2.43. The summed E-state index contributed by atoms with van der Waals surface area (Å²) >= 11 is 0. The molecule has 6 nitrogen and oxygen atoms in total. The molecular weight excluding hydrogens is 484 g/mol. The third-order valence-electron chi connectivity index (χ3n) is 9.95. The van der Waals surface area contributed by atoms with Gasteiger partial charge in [-0.1, -0.05) is 32.9 Å². The summed E-state index contributed by atoms with van der Waals surface area (Å²) in [6.45, 7) is 13.2. The van der Waals surface area contributed by atoms with Gasteiger partial charge >= 0.3 is 0 Å². The number of aliphatic hydroxyl groups excluding tert-OH is 1. The number of aliphatic hydroxyl groups is 1. The lowest BCUT2D eigenvalue weighted by atomic mass is 9.66. The van der Waals surface area contributed by atoms with Crippen molar-refractivity contribution in [2.24, 2.45) is 29.6 Å². The van der Waals surface area contributed by atoms with Crippen LogP contribution in [0.1, 0.15) is 58.4 Å². The van der Waals surface area contributed by atoms with E-state index in [1.54, 1.807) is 14.2 Å². The van der Waals surface area contributed by atoms with Gasteiger partial charge in [-0.05, 0) is 97.5 Å². The van der Waals surface area contributed by atoms with Crippen LogP contribution in [0.4, 0.5) is 0 Å². The Labute approximate surface area is 225 Å². The van der Waals surface area contributed by atoms with Crippen molar-refractivity contribution in [3.63, 3.8) is 0 Å². The maximum atomic E-state index is 11.2. The monoisotopic (exact) mass is 534 g/mol. The quantitative estimate of drug-likeness (QED) is 0.213. The van der Waals surface area contributed by atoms with Gasteiger partial charge < -0.3 is 28.5 Å². The van der Waals surface area contributed by atoms with Crippen molar-refractivity contribution in [3.05, 3.63) is 29.8 Å². The Morgan fingerprint density at radius 2 is 1.59 bits per heavy atom. The number of hydrogen-bond donors (Lipinski definition) is 1. The zero-order valence-corrected chi connectivity index (χ0v) is 25.1. The molecule has 0 saturated heterocycles. The molecule has 3 aliphatic rings. The van der Waals surface area contributed by atoms with Gasteiger partial charge in [-0.15, -0.1) is 0 Å². The standard InChI is InChI=1S/C30H50O6Si/c1-30(2,3)37(6,7)36-22-14-24-25-16-28(31)23(26(25)17-29(27(24)15-22)35-19-32-4)12-13-34-18-20-8-10-21(33-5)11-9-20/h8-11,22-29,31H,12-19H2,1-7H3/t22-,23+,24-,25-,26-,27-,28+,29-/m0/s1. The molecule has 1 aromatic rings. The van der Waals surface area contributed by atoms with Crippen LogP contribution in [0.5, 0.6) is 5.75 Å². The zero-order chi connectivity index (χ0) is 26.8. The topological polar surface area (TPSA) is 66.4 Å². The van der Waals surface area contributed by atoms with Gasteiger partial charge in [-0.2, -0.15) is 0 Å². The first-order valence-electron chi connectivity index (χ1n) is 14.2. The number of benzene rings is 1. The molecule has 1 N–H and O–H groups in total. The normalized spacial score (nSPS) is 33.8. The Balaban J connectivity index is 1.38. The average Bonchev–Trinajstić information content (AvgIpc) is 3.40. The molecule has 37 heavy (non-hydrogen) atoms. The molecule has 0 amide bonds. The molecular formula is C30H50O6Si. The first-order valence-corrected chi connectivity index (χ1v) is 17.1. The van der Waals surface area contributed by atoms with Crippen molar-refractivity contribution < 1.29 is 28.5 Å². The molecule has 0 aromatic heterocycles. The van der Waals surface area contributed by atoms with Crippen LogP contribution in [0, 0.1) is 29.6 Å². The van der Waals surface area contributed by atoms with Crippen LogP contribution in [0.25, 0.3) is 0 Å². The van der Waals surface area contributed by atoms with E-state index in [-0.39, 0.29) is 23.2 Å².